The third-order valence-corrected chi connectivity index (χ3v) is 12.4. The van der Waals surface area contributed by atoms with E-state index in [2.05, 4.69) is 170 Å². The van der Waals surface area contributed by atoms with E-state index in [4.69, 9.17) is 14.4 Å². The van der Waals surface area contributed by atoms with E-state index in [1.165, 1.54) is 60.9 Å². The Balaban J connectivity index is 0.968. The molecule has 0 unspecified atom stereocenters. The van der Waals surface area contributed by atoms with Crippen LogP contribution in [0.4, 0.5) is 0 Å². The predicted molar refractivity (Wildman–Crippen MR) is 249 cm³/mol. The second kappa shape index (κ2) is 14.0. The van der Waals surface area contributed by atoms with E-state index in [0.717, 1.165) is 80.7 Å². The van der Waals surface area contributed by atoms with Gasteiger partial charge in [0.15, 0.2) is 5.82 Å². The molecule has 2 aromatic heterocycles. The Kier molecular flexibility index (Phi) is 8.05. The standard InChI is InChI=1S/C57H38N2O/c1-3-14-36(15-4-1)40-18-11-19-41(32-40)53-35-52(58-57(59-53)39-16-5-2-6-17-39)38-30-28-37(29-31-38)43-24-12-20-42-33-49-44-21-7-8-22-45(44)50(34-51(49)55(42)43)48-26-13-25-47-46-23-9-10-27-54(46)60-56(47)48/h1-3,5-14,16-32,34-35H,4,15,33H2. The molecule has 12 rings (SSSR count). The Morgan fingerprint density at radius 1 is 0.450 bits per heavy atom. The fourth-order valence-electron chi connectivity index (χ4n) is 9.53. The normalized spacial score (nSPS) is 13.2. The van der Waals surface area contributed by atoms with Crippen molar-refractivity contribution < 1.29 is 4.42 Å². The summed E-state index contributed by atoms with van der Waals surface area (Å²) in [6.45, 7) is 0. The number of rotatable bonds is 6. The summed E-state index contributed by atoms with van der Waals surface area (Å²) in [6.07, 6.45) is 9.64. The summed E-state index contributed by atoms with van der Waals surface area (Å²) in [7, 11) is 0. The lowest BCUT2D eigenvalue weighted by molar-refractivity contribution is 0.670. The average Bonchev–Trinajstić information content (AvgIpc) is 3.91. The van der Waals surface area contributed by atoms with Crippen LogP contribution in [0.2, 0.25) is 0 Å². The molecule has 10 aromatic rings. The van der Waals surface area contributed by atoms with Crippen molar-refractivity contribution in [1.29, 1.82) is 0 Å². The first-order valence-corrected chi connectivity index (χ1v) is 20.8. The first kappa shape index (κ1) is 34.4. The van der Waals surface area contributed by atoms with Gasteiger partial charge in [0.05, 0.1) is 11.4 Å². The van der Waals surface area contributed by atoms with E-state index in [1.807, 2.05) is 24.3 Å². The van der Waals surface area contributed by atoms with Crippen LogP contribution in [-0.2, 0) is 6.42 Å². The molecule has 282 valence electrons. The number of allylic oxidation sites excluding steroid dienone is 4. The highest BCUT2D eigenvalue weighted by molar-refractivity contribution is 6.14. The van der Waals surface area contributed by atoms with Crippen molar-refractivity contribution in [2.24, 2.45) is 0 Å². The summed E-state index contributed by atoms with van der Waals surface area (Å²) < 4.78 is 6.60. The topological polar surface area (TPSA) is 38.9 Å². The maximum atomic E-state index is 6.60. The minimum absolute atomic E-state index is 0.719. The van der Waals surface area contributed by atoms with Crippen molar-refractivity contribution in [3.05, 3.63) is 211 Å². The maximum absolute atomic E-state index is 6.60. The lowest BCUT2D eigenvalue weighted by Crippen LogP contribution is -1.96. The van der Waals surface area contributed by atoms with Crippen molar-refractivity contribution in [1.82, 2.24) is 9.97 Å². The van der Waals surface area contributed by atoms with E-state index in [-0.39, 0.29) is 0 Å². The molecule has 3 heteroatoms. The van der Waals surface area contributed by atoms with Crippen molar-refractivity contribution in [3.8, 4) is 67.3 Å². The zero-order valence-corrected chi connectivity index (χ0v) is 32.9. The molecule has 2 aliphatic rings. The third kappa shape index (κ3) is 5.73. The van der Waals surface area contributed by atoms with Gasteiger partial charge in [0.2, 0.25) is 0 Å². The quantitative estimate of drug-likeness (QED) is 0.169. The van der Waals surface area contributed by atoms with Gasteiger partial charge in [0.25, 0.3) is 0 Å². The van der Waals surface area contributed by atoms with E-state index < -0.39 is 0 Å². The molecule has 8 aromatic carbocycles. The Morgan fingerprint density at radius 2 is 1.13 bits per heavy atom. The lowest BCUT2D eigenvalue weighted by atomic mass is 9.88. The Morgan fingerprint density at radius 3 is 1.98 bits per heavy atom. The van der Waals surface area contributed by atoms with Crippen LogP contribution in [-0.4, -0.2) is 9.97 Å². The van der Waals surface area contributed by atoms with Gasteiger partial charge in [-0.15, -0.1) is 0 Å². The number of fused-ring (bicyclic) bond motifs is 8. The van der Waals surface area contributed by atoms with Crippen molar-refractivity contribution >= 4 is 38.3 Å². The lowest BCUT2D eigenvalue weighted by Gasteiger charge is -2.15. The highest BCUT2D eigenvalue weighted by Crippen LogP contribution is 2.49. The first-order chi connectivity index (χ1) is 29.7. The fourth-order valence-corrected chi connectivity index (χ4v) is 9.53. The molecule has 0 radical (unpaired) electrons. The summed E-state index contributed by atoms with van der Waals surface area (Å²) in [4.78, 5) is 10.3. The van der Waals surface area contributed by atoms with Crippen LogP contribution in [0.15, 0.2) is 199 Å². The summed E-state index contributed by atoms with van der Waals surface area (Å²) in [5.41, 5.74) is 19.4. The molecule has 0 aliphatic heterocycles. The Labute approximate surface area is 348 Å². The van der Waals surface area contributed by atoms with Crippen LogP contribution >= 0.6 is 0 Å². The Hall–Kier alpha value is -7.62. The molecule has 0 N–H and O–H groups in total. The van der Waals surface area contributed by atoms with Crippen LogP contribution in [0.25, 0.3) is 106 Å². The number of hydrogen-bond donors (Lipinski definition) is 0. The summed E-state index contributed by atoms with van der Waals surface area (Å²) in [5.74, 6) is 0.719. The van der Waals surface area contributed by atoms with Gasteiger partial charge in [0, 0.05) is 33.0 Å². The van der Waals surface area contributed by atoms with Gasteiger partial charge in [-0.05, 0) is 104 Å². The molecule has 0 saturated carbocycles. The number of nitrogens with zero attached hydrogens (tertiary/aromatic N) is 2. The van der Waals surface area contributed by atoms with E-state index in [0.29, 0.717) is 0 Å². The van der Waals surface area contributed by atoms with Gasteiger partial charge in [-0.2, -0.15) is 0 Å². The van der Waals surface area contributed by atoms with E-state index >= 15 is 0 Å². The van der Waals surface area contributed by atoms with Crippen molar-refractivity contribution in [3.63, 3.8) is 0 Å². The highest BCUT2D eigenvalue weighted by Gasteiger charge is 2.27. The molecular formula is C57H38N2O. The fraction of sp³-hybridized carbons (Fsp3) is 0.0526. The van der Waals surface area contributed by atoms with Crippen LogP contribution < -0.4 is 0 Å². The molecule has 60 heavy (non-hydrogen) atoms. The first-order valence-electron chi connectivity index (χ1n) is 20.8. The largest absolute Gasteiger partial charge is 0.455 e. The third-order valence-electron chi connectivity index (χ3n) is 12.4. The summed E-state index contributed by atoms with van der Waals surface area (Å²) >= 11 is 0. The summed E-state index contributed by atoms with van der Waals surface area (Å²) in [5, 5.41) is 4.83. The Bertz CT molecular complexity index is 3390. The monoisotopic (exact) mass is 766 g/mol. The molecule has 2 heterocycles. The maximum Gasteiger partial charge on any atom is 0.160 e. The van der Waals surface area contributed by atoms with Crippen LogP contribution in [0.3, 0.4) is 0 Å². The minimum Gasteiger partial charge on any atom is -0.455 e. The molecule has 0 spiro atoms. The molecule has 3 nitrogen and oxygen atoms in total. The van der Waals surface area contributed by atoms with Crippen LogP contribution in [0, 0.1) is 0 Å². The number of furan rings is 1. The average molecular weight is 767 g/mol. The van der Waals surface area contributed by atoms with Crippen molar-refractivity contribution in [2.75, 3.05) is 0 Å². The van der Waals surface area contributed by atoms with Crippen LogP contribution in [0.5, 0.6) is 0 Å². The van der Waals surface area contributed by atoms with Gasteiger partial charge in [0.1, 0.15) is 11.2 Å². The number of hydrogen-bond acceptors (Lipinski definition) is 3. The second-order valence-corrected chi connectivity index (χ2v) is 15.9. The minimum atomic E-state index is 0.719. The predicted octanol–water partition coefficient (Wildman–Crippen LogP) is 15.2. The van der Waals surface area contributed by atoms with E-state index in [1.54, 1.807) is 0 Å². The zero-order valence-electron chi connectivity index (χ0n) is 32.9. The molecule has 0 saturated heterocycles. The summed E-state index contributed by atoms with van der Waals surface area (Å²) in [6, 6.07) is 63.1. The SMILES string of the molecule is C1=CCCC(c2cccc(-c3cc(-c4ccc(-c5cccc6c5-c5cc(-c7cccc8c7oc7ccccc78)c7ccccc7c5C6)cc4)nc(-c4ccccc4)n3)c2)=C1. The molecular weight excluding hydrogens is 729 g/mol. The number of para-hydroxylation sites is 2. The molecule has 0 atom stereocenters. The van der Waals surface area contributed by atoms with E-state index in [9.17, 15) is 0 Å². The van der Waals surface area contributed by atoms with Gasteiger partial charge in [-0.1, -0.05) is 170 Å². The molecule has 0 bridgehead atoms. The highest BCUT2D eigenvalue weighted by atomic mass is 16.3. The molecule has 2 aliphatic carbocycles. The number of benzene rings is 8. The zero-order chi connectivity index (χ0) is 39.6. The van der Waals surface area contributed by atoms with Gasteiger partial charge in [-0.25, -0.2) is 9.97 Å². The van der Waals surface area contributed by atoms with Gasteiger partial charge >= 0.3 is 0 Å². The number of aromatic nitrogens is 2. The molecule has 0 amide bonds. The second-order valence-electron chi connectivity index (χ2n) is 15.9. The molecule has 0 fully saturated rings. The van der Waals surface area contributed by atoms with Gasteiger partial charge < -0.3 is 4.42 Å². The van der Waals surface area contributed by atoms with Crippen molar-refractivity contribution in [2.45, 2.75) is 19.3 Å². The van der Waals surface area contributed by atoms with Crippen LogP contribution in [0.1, 0.15) is 29.5 Å². The smallest absolute Gasteiger partial charge is 0.160 e. The van der Waals surface area contributed by atoms with Gasteiger partial charge in [-0.3, -0.25) is 0 Å².